The van der Waals surface area contributed by atoms with Gasteiger partial charge in [-0.2, -0.15) is 0 Å². The predicted molar refractivity (Wildman–Crippen MR) is 95.9 cm³/mol. The van der Waals surface area contributed by atoms with Crippen LogP contribution in [0, 0.1) is 12.8 Å². The third kappa shape index (κ3) is 3.98. The molecule has 0 bridgehead atoms. The number of hydrogen-bond acceptors (Lipinski definition) is 4. The van der Waals surface area contributed by atoms with Crippen molar-refractivity contribution in [2.24, 2.45) is 5.92 Å². The van der Waals surface area contributed by atoms with E-state index in [0.29, 0.717) is 17.7 Å². The normalized spacial score (nSPS) is 15.5. The lowest BCUT2D eigenvalue weighted by Crippen LogP contribution is -2.33. The average molecular weight is 344 g/mol. The van der Waals surface area contributed by atoms with E-state index in [1.165, 1.54) is 24.6 Å². The number of aryl methyl sites for hydroxylation is 1. The number of nitrogens with one attached hydrogen (secondary N) is 1. The smallest absolute Gasteiger partial charge is 0.230 e. The molecule has 1 atom stereocenters. The first-order chi connectivity index (χ1) is 11.6. The van der Waals surface area contributed by atoms with Gasteiger partial charge in [-0.3, -0.25) is 4.79 Å². The molecule has 1 N–H and O–H groups in total. The highest BCUT2D eigenvalue weighted by Gasteiger charge is 2.28. The molecule has 5 nitrogen and oxygen atoms in total. The molecule has 1 heterocycles. The maximum atomic E-state index is 12.4. The van der Waals surface area contributed by atoms with Gasteiger partial charge >= 0.3 is 0 Å². The van der Waals surface area contributed by atoms with Crippen molar-refractivity contribution in [1.82, 2.24) is 20.1 Å². The fourth-order valence-corrected chi connectivity index (χ4v) is 3.70. The molecule has 0 saturated heterocycles. The Bertz CT molecular complexity index is 694. The van der Waals surface area contributed by atoms with Crippen LogP contribution < -0.4 is 5.32 Å². The maximum Gasteiger partial charge on any atom is 0.230 e. The SMILES string of the molecule is Cc1nnc(SCC(=O)N[C@H](c2ccccc2)C(C)C)n1C1CC1. The van der Waals surface area contributed by atoms with Crippen LogP contribution in [0.3, 0.4) is 0 Å². The van der Waals surface area contributed by atoms with Crippen molar-refractivity contribution < 1.29 is 4.79 Å². The van der Waals surface area contributed by atoms with Crippen LogP contribution in [0.1, 0.15) is 50.2 Å². The van der Waals surface area contributed by atoms with Gasteiger partial charge in [0.2, 0.25) is 5.91 Å². The Labute approximate surface area is 147 Å². The van der Waals surface area contributed by atoms with E-state index < -0.39 is 0 Å². The van der Waals surface area contributed by atoms with Gasteiger partial charge in [0.15, 0.2) is 5.16 Å². The summed E-state index contributed by atoms with van der Waals surface area (Å²) in [6.45, 7) is 6.22. The van der Waals surface area contributed by atoms with Gasteiger partial charge in [-0.25, -0.2) is 0 Å². The summed E-state index contributed by atoms with van der Waals surface area (Å²) >= 11 is 1.47. The van der Waals surface area contributed by atoms with Crippen molar-refractivity contribution in [2.75, 3.05) is 5.75 Å². The summed E-state index contributed by atoms with van der Waals surface area (Å²) in [7, 11) is 0. The number of nitrogens with zero attached hydrogens (tertiary/aromatic N) is 3. The monoisotopic (exact) mass is 344 g/mol. The zero-order valence-electron chi connectivity index (χ0n) is 14.4. The van der Waals surface area contributed by atoms with E-state index in [9.17, 15) is 4.79 Å². The van der Waals surface area contributed by atoms with Gasteiger partial charge in [-0.1, -0.05) is 55.9 Å². The summed E-state index contributed by atoms with van der Waals surface area (Å²) in [5, 5.41) is 12.4. The Morgan fingerprint density at radius 3 is 2.62 bits per heavy atom. The predicted octanol–water partition coefficient (Wildman–Crippen LogP) is 3.53. The zero-order chi connectivity index (χ0) is 17.1. The second-order valence-corrected chi connectivity index (χ2v) is 7.56. The minimum absolute atomic E-state index is 0.0299. The summed E-state index contributed by atoms with van der Waals surface area (Å²) in [6.07, 6.45) is 2.37. The Kier molecular flexibility index (Phi) is 5.23. The van der Waals surface area contributed by atoms with Crippen molar-refractivity contribution in [3.8, 4) is 0 Å². The summed E-state index contributed by atoms with van der Waals surface area (Å²) < 4.78 is 2.16. The largest absolute Gasteiger partial charge is 0.348 e. The number of hydrogen-bond donors (Lipinski definition) is 1. The highest BCUT2D eigenvalue weighted by Crippen LogP contribution is 2.38. The fraction of sp³-hybridized carbons (Fsp3) is 0.500. The molecule has 1 aromatic carbocycles. The molecule has 0 unspecified atom stereocenters. The average Bonchev–Trinajstić information content (AvgIpc) is 3.34. The lowest BCUT2D eigenvalue weighted by Gasteiger charge is -2.22. The third-order valence-electron chi connectivity index (χ3n) is 4.22. The number of carbonyl (C=O) groups is 1. The molecule has 1 saturated carbocycles. The van der Waals surface area contributed by atoms with Gasteiger partial charge in [0.05, 0.1) is 11.8 Å². The van der Waals surface area contributed by atoms with Crippen LogP contribution in [0.5, 0.6) is 0 Å². The maximum absolute atomic E-state index is 12.4. The van der Waals surface area contributed by atoms with Gasteiger partial charge < -0.3 is 9.88 Å². The van der Waals surface area contributed by atoms with E-state index in [1.807, 2.05) is 25.1 Å². The van der Waals surface area contributed by atoms with E-state index in [-0.39, 0.29) is 11.9 Å². The molecule has 1 amide bonds. The molecule has 6 heteroatoms. The first-order valence-corrected chi connectivity index (χ1v) is 9.43. The van der Waals surface area contributed by atoms with Crippen molar-refractivity contribution in [3.05, 3.63) is 41.7 Å². The third-order valence-corrected chi connectivity index (χ3v) is 5.16. The van der Waals surface area contributed by atoms with Crippen LogP contribution in [0.25, 0.3) is 0 Å². The van der Waals surface area contributed by atoms with E-state index in [0.717, 1.165) is 16.5 Å². The summed E-state index contributed by atoms with van der Waals surface area (Å²) in [6, 6.07) is 10.7. The second-order valence-electron chi connectivity index (χ2n) is 6.62. The van der Waals surface area contributed by atoms with Gasteiger partial charge in [0, 0.05) is 6.04 Å². The van der Waals surface area contributed by atoms with Gasteiger partial charge in [0.25, 0.3) is 0 Å². The molecule has 1 fully saturated rings. The van der Waals surface area contributed by atoms with Crippen LogP contribution in [0.2, 0.25) is 0 Å². The van der Waals surface area contributed by atoms with E-state index in [2.05, 4.69) is 46.1 Å². The van der Waals surface area contributed by atoms with E-state index >= 15 is 0 Å². The molecule has 2 aromatic rings. The summed E-state index contributed by atoms with van der Waals surface area (Å²) in [5.74, 6) is 1.66. The fourth-order valence-electron chi connectivity index (χ4n) is 2.84. The molecule has 128 valence electrons. The number of carbonyl (C=O) groups excluding carboxylic acids is 1. The summed E-state index contributed by atoms with van der Waals surface area (Å²) in [5.41, 5.74) is 1.14. The van der Waals surface area contributed by atoms with Gasteiger partial charge in [0.1, 0.15) is 5.82 Å². The molecule has 0 spiro atoms. The molecule has 0 radical (unpaired) electrons. The number of thioether (sulfide) groups is 1. The molecular weight excluding hydrogens is 320 g/mol. The minimum atomic E-state index is 0.0299. The van der Waals surface area contributed by atoms with E-state index in [4.69, 9.17) is 0 Å². The lowest BCUT2D eigenvalue weighted by atomic mass is 9.96. The zero-order valence-corrected chi connectivity index (χ0v) is 15.2. The first-order valence-electron chi connectivity index (χ1n) is 8.45. The molecular formula is C18H24N4OS. The van der Waals surface area contributed by atoms with Crippen LogP contribution in [0.4, 0.5) is 0 Å². The van der Waals surface area contributed by atoms with Crippen molar-refractivity contribution in [1.29, 1.82) is 0 Å². The lowest BCUT2D eigenvalue weighted by molar-refractivity contribution is -0.119. The van der Waals surface area contributed by atoms with Crippen LogP contribution in [-0.4, -0.2) is 26.4 Å². The first kappa shape index (κ1) is 17.0. The van der Waals surface area contributed by atoms with Gasteiger partial charge in [-0.15, -0.1) is 10.2 Å². The Morgan fingerprint density at radius 2 is 2.00 bits per heavy atom. The number of amides is 1. The Morgan fingerprint density at radius 1 is 1.29 bits per heavy atom. The molecule has 24 heavy (non-hydrogen) atoms. The minimum Gasteiger partial charge on any atom is -0.348 e. The van der Waals surface area contributed by atoms with Gasteiger partial charge in [-0.05, 0) is 31.2 Å². The Hall–Kier alpha value is -1.82. The molecule has 1 aliphatic carbocycles. The highest BCUT2D eigenvalue weighted by molar-refractivity contribution is 7.99. The van der Waals surface area contributed by atoms with Crippen molar-refractivity contribution in [2.45, 2.75) is 50.9 Å². The Balaban J connectivity index is 1.60. The molecule has 1 aromatic heterocycles. The second kappa shape index (κ2) is 7.38. The van der Waals surface area contributed by atoms with Crippen LogP contribution in [-0.2, 0) is 4.79 Å². The standard InChI is InChI=1S/C18H24N4OS/c1-12(2)17(14-7-5-4-6-8-14)19-16(23)11-24-18-21-20-13(3)22(18)15-9-10-15/h4-8,12,15,17H,9-11H2,1-3H3,(H,19,23)/t17-/m0/s1. The topological polar surface area (TPSA) is 59.8 Å². The molecule has 0 aliphatic heterocycles. The van der Waals surface area contributed by atoms with Crippen molar-refractivity contribution in [3.63, 3.8) is 0 Å². The number of benzene rings is 1. The van der Waals surface area contributed by atoms with E-state index in [1.54, 1.807) is 0 Å². The molecule has 3 rings (SSSR count). The van der Waals surface area contributed by atoms with Crippen molar-refractivity contribution >= 4 is 17.7 Å². The number of rotatable bonds is 7. The van der Waals surface area contributed by atoms with Crippen LogP contribution in [0.15, 0.2) is 35.5 Å². The highest BCUT2D eigenvalue weighted by atomic mass is 32.2. The van der Waals surface area contributed by atoms with Crippen LogP contribution >= 0.6 is 11.8 Å². The quantitative estimate of drug-likeness (QED) is 0.781. The number of aromatic nitrogens is 3. The molecule has 1 aliphatic rings. The summed E-state index contributed by atoms with van der Waals surface area (Å²) in [4.78, 5) is 12.4.